The van der Waals surface area contributed by atoms with Crippen LogP contribution in [-0.4, -0.2) is 20.2 Å². The molecule has 0 fully saturated rings. The summed E-state index contributed by atoms with van der Waals surface area (Å²) in [5.74, 6) is 0.547. The second-order valence-electron chi connectivity index (χ2n) is 6.11. The molecule has 1 heterocycles. The number of carbonyl (C=O) groups excluding carboxylic acids is 1. The van der Waals surface area contributed by atoms with Crippen LogP contribution in [0.3, 0.4) is 0 Å². The number of fused-ring (bicyclic) bond motifs is 1. The van der Waals surface area contributed by atoms with Crippen LogP contribution in [0.1, 0.15) is 16.7 Å². The van der Waals surface area contributed by atoms with Crippen LogP contribution in [0.15, 0.2) is 57.8 Å². The van der Waals surface area contributed by atoms with Gasteiger partial charge in [-0.05, 0) is 30.7 Å². The van der Waals surface area contributed by atoms with Gasteiger partial charge < -0.3 is 18.6 Å². The highest BCUT2D eigenvalue weighted by Gasteiger charge is 2.10. The maximum atomic E-state index is 12.1. The summed E-state index contributed by atoms with van der Waals surface area (Å²) in [6, 6.07) is 12.2. The van der Waals surface area contributed by atoms with E-state index >= 15 is 0 Å². The Morgan fingerprint density at radius 3 is 2.68 bits per heavy atom. The van der Waals surface area contributed by atoms with Crippen LogP contribution in [0, 0.1) is 6.92 Å². The van der Waals surface area contributed by atoms with Crippen molar-refractivity contribution in [1.29, 1.82) is 0 Å². The fourth-order valence-electron chi connectivity index (χ4n) is 2.85. The SMILES string of the molecule is COc1cccc(/C=C/C(=O)OCc2cc(=O)oc3cc(C)ccc23)c1OC. The molecule has 0 amide bonds. The van der Waals surface area contributed by atoms with Crippen LogP contribution in [-0.2, 0) is 16.1 Å². The molecule has 0 aliphatic rings. The van der Waals surface area contributed by atoms with Crippen molar-refractivity contribution in [2.24, 2.45) is 0 Å². The van der Waals surface area contributed by atoms with Gasteiger partial charge in [0.1, 0.15) is 12.2 Å². The number of hydrogen-bond donors (Lipinski definition) is 0. The summed E-state index contributed by atoms with van der Waals surface area (Å²) in [4.78, 5) is 23.9. The fraction of sp³-hybridized carbons (Fsp3) is 0.182. The minimum absolute atomic E-state index is 0.0381. The third kappa shape index (κ3) is 4.23. The van der Waals surface area contributed by atoms with Gasteiger partial charge in [-0.1, -0.05) is 24.3 Å². The zero-order valence-corrected chi connectivity index (χ0v) is 15.9. The first-order valence-corrected chi connectivity index (χ1v) is 8.61. The lowest BCUT2D eigenvalue weighted by atomic mass is 10.1. The first-order valence-electron chi connectivity index (χ1n) is 8.61. The Morgan fingerprint density at radius 2 is 1.93 bits per heavy atom. The summed E-state index contributed by atoms with van der Waals surface area (Å²) in [7, 11) is 3.07. The lowest BCUT2D eigenvalue weighted by Gasteiger charge is -2.10. The molecule has 28 heavy (non-hydrogen) atoms. The monoisotopic (exact) mass is 380 g/mol. The minimum atomic E-state index is -0.543. The summed E-state index contributed by atoms with van der Waals surface area (Å²) < 4.78 is 21.1. The van der Waals surface area contributed by atoms with Gasteiger partial charge in [-0.2, -0.15) is 0 Å². The minimum Gasteiger partial charge on any atom is -0.493 e. The molecule has 3 rings (SSSR count). The van der Waals surface area contributed by atoms with E-state index in [0.717, 1.165) is 10.9 Å². The number of benzene rings is 2. The predicted octanol–water partition coefficient (Wildman–Crippen LogP) is 3.88. The Hall–Kier alpha value is -3.54. The highest BCUT2D eigenvalue weighted by Crippen LogP contribution is 2.31. The summed E-state index contributed by atoms with van der Waals surface area (Å²) in [5.41, 5.74) is 2.23. The van der Waals surface area contributed by atoms with E-state index in [2.05, 4.69) is 0 Å². The quantitative estimate of drug-likeness (QED) is 0.367. The first-order chi connectivity index (χ1) is 13.5. The van der Waals surface area contributed by atoms with Gasteiger partial charge in [-0.25, -0.2) is 9.59 Å². The maximum absolute atomic E-state index is 12.1. The molecule has 0 spiro atoms. The van der Waals surface area contributed by atoms with Crippen molar-refractivity contribution in [2.75, 3.05) is 14.2 Å². The molecule has 6 heteroatoms. The molecular weight excluding hydrogens is 360 g/mol. The van der Waals surface area contributed by atoms with Crippen molar-refractivity contribution in [2.45, 2.75) is 13.5 Å². The maximum Gasteiger partial charge on any atom is 0.336 e. The van der Waals surface area contributed by atoms with Crippen LogP contribution < -0.4 is 15.1 Å². The van der Waals surface area contributed by atoms with E-state index in [1.165, 1.54) is 19.3 Å². The Bertz CT molecular complexity index is 1090. The van der Waals surface area contributed by atoms with E-state index in [4.69, 9.17) is 18.6 Å². The van der Waals surface area contributed by atoms with Crippen LogP contribution in [0.5, 0.6) is 11.5 Å². The number of rotatable bonds is 6. The highest BCUT2D eigenvalue weighted by atomic mass is 16.5. The average Bonchev–Trinajstić information content (AvgIpc) is 2.69. The van der Waals surface area contributed by atoms with Gasteiger partial charge in [0.05, 0.1) is 14.2 Å². The molecule has 0 aliphatic carbocycles. The summed E-state index contributed by atoms with van der Waals surface area (Å²) >= 11 is 0. The zero-order valence-electron chi connectivity index (χ0n) is 15.9. The normalized spacial score (nSPS) is 11.0. The number of hydrogen-bond acceptors (Lipinski definition) is 6. The first kappa shape index (κ1) is 19.2. The molecule has 0 N–H and O–H groups in total. The third-order valence-corrected chi connectivity index (χ3v) is 4.19. The fourth-order valence-corrected chi connectivity index (χ4v) is 2.85. The van der Waals surface area contributed by atoms with Crippen molar-refractivity contribution in [1.82, 2.24) is 0 Å². The second-order valence-corrected chi connectivity index (χ2v) is 6.11. The molecule has 0 saturated heterocycles. The molecule has 0 saturated carbocycles. The number of esters is 1. The largest absolute Gasteiger partial charge is 0.493 e. The van der Waals surface area contributed by atoms with E-state index in [-0.39, 0.29) is 6.61 Å². The highest BCUT2D eigenvalue weighted by molar-refractivity contribution is 5.88. The van der Waals surface area contributed by atoms with Crippen molar-refractivity contribution in [3.8, 4) is 11.5 Å². The van der Waals surface area contributed by atoms with Crippen LogP contribution >= 0.6 is 0 Å². The van der Waals surface area contributed by atoms with Crippen LogP contribution in [0.2, 0.25) is 0 Å². The van der Waals surface area contributed by atoms with Crippen molar-refractivity contribution >= 4 is 23.0 Å². The molecular formula is C22H20O6. The second kappa shape index (κ2) is 8.43. The molecule has 0 unspecified atom stereocenters. The van der Waals surface area contributed by atoms with Gasteiger partial charge in [0.2, 0.25) is 0 Å². The predicted molar refractivity (Wildman–Crippen MR) is 106 cm³/mol. The molecule has 0 bridgehead atoms. The van der Waals surface area contributed by atoms with E-state index < -0.39 is 11.6 Å². The van der Waals surface area contributed by atoms with Crippen LogP contribution in [0.25, 0.3) is 17.0 Å². The third-order valence-electron chi connectivity index (χ3n) is 4.19. The van der Waals surface area contributed by atoms with Gasteiger partial charge in [0, 0.05) is 28.7 Å². The van der Waals surface area contributed by atoms with Gasteiger partial charge >= 0.3 is 11.6 Å². The number of ether oxygens (including phenoxy) is 3. The molecule has 0 aliphatic heterocycles. The Kier molecular flexibility index (Phi) is 5.79. The van der Waals surface area contributed by atoms with Crippen molar-refractivity contribution in [3.63, 3.8) is 0 Å². The summed E-state index contributed by atoms with van der Waals surface area (Å²) in [5, 5.41) is 0.733. The standard InChI is InChI=1S/C22H20O6/c1-14-7-9-17-16(12-21(24)28-19(17)11-14)13-27-20(23)10-8-15-5-4-6-18(25-2)22(15)26-3/h4-12H,13H2,1-3H3/b10-8+. The number of carbonyl (C=O) groups is 1. The Morgan fingerprint density at radius 1 is 1.11 bits per heavy atom. The van der Waals surface area contributed by atoms with Gasteiger partial charge in [-0.3, -0.25) is 0 Å². The van der Waals surface area contributed by atoms with Gasteiger partial charge in [0.25, 0.3) is 0 Å². The zero-order chi connectivity index (χ0) is 20.1. The van der Waals surface area contributed by atoms with E-state index in [1.54, 1.807) is 37.5 Å². The topological polar surface area (TPSA) is 75.0 Å². The van der Waals surface area contributed by atoms with E-state index in [9.17, 15) is 9.59 Å². The number of aryl methyl sites for hydroxylation is 1. The average molecular weight is 380 g/mol. The molecule has 1 aromatic heterocycles. The summed E-state index contributed by atoms with van der Waals surface area (Å²) in [6.07, 6.45) is 2.89. The molecule has 2 aromatic carbocycles. The molecule has 3 aromatic rings. The molecule has 144 valence electrons. The molecule has 6 nitrogen and oxygen atoms in total. The van der Waals surface area contributed by atoms with Gasteiger partial charge in [0.15, 0.2) is 11.5 Å². The molecule has 0 radical (unpaired) electrons. The van der Waals surface area contributed by atoms with Crippen LogP contribution in [0.4, 0.5) is 0 Å². The summed E-state index contributed by atoms with van der Waals surface area (Å²) in [6.45, 7) is 1.87. The van der Waals surface area contributed by atoms with Crippen molar-refractivity contribution < 1.29 is 23.4 Å². The van der Waals surface area contributed by atoms with Gasteiger partial charge in [-0.15, -0.1) is 0 Å². The Labute approximate surface area is 162 Å². The van der Waals surface area contributed by atoms with E-state index in [1.807, 2.05) is 19.1 Å². The van der Waals surface area contributed by atoms with E-state index in [0.29, 0.717) is 28.2 Å². The lowest BCUT2D eigenvalue weighted by Crippen LogP contribution is -2.05. The smallest absolute Gasteiger partial charge is 0.336 e. The van der Waals surface area contributed by atoms with Crippen molar-refractivity contribution in [3.05, 3.63) is 75.7 Å². The lowest BCUT2D eigenvalue weighted by molar-refractivity contribution is -0.138. The number of para-hydroxylation sites is 1. The molecule has 0 atom stereocenters. The number of methoxy groups -OCH3 is 2. The Balaban J connectivity index is 1.76.